The van der Waals surface area contributed by atoms with Gasteiger partial charge >= 0.3 is 0 Å². The van der Waals surface area contributed by atoms with E-state index in [0.717, 1.165) is 35.9 Å². The van der Waals surface area contributed by atoms with E-state index in [1.165, 1.54) is 3.57 Å². The maximum Gasteiger partial charge on any atom is 0.139 e. The third kappa shape index (κ3) is 4.30. The van der Waals surface area contributed by atoms with Crippen molar-refractivity contribution in [2.24, 2.45) is 0 Å². The molecule has 112 valence electrons. The fourth-order valence-electron chi connectivity index (χ4n) is 2.13. The highest BCUT2D eigenvalue weighted by Crippen LogP contribution is 2.30. The zero-order chi connectivity index (χ0) is 15.2. The van der Waals surface area contributed by atoms with Gasteiger partial charge in [-0.15, -0.1) is 0 Å². The number of rotatable bonds is 6. The zero-order valence-electron chi connectivity index (χ0n) is 12.7. The summed E-state index contributed by atoms with van der Waals surface area (Å²) < 4.78 is 1.20. The molecule has 0 amide bonds. The molecule has 1 aromatic heterocycles. The molecule has 1 aromatic carbocycles. The predicted octanol–water partition coefficient (Wildman–Crippen LogP) is 4.77. The highest BCUT2D eigenvalue weighted by Gasteiger charge is 2.14. The summed E-state index contributed by atoms with van der Waals surface area (Å²) in [5.41, 5.74) is 2.17. The van der Waals surface area contributed by atoms with Gasteiger partial charge in [-0.25, -0.2) is 9.97 Å². The molecule has 0 saturated carbocycles. The maximum absolute atomic E-state index is 4.43. The van der Waals surface area contributed by atoms with Crippen molar-refractivity contribution in [2.75, 3.05) is 17.2 Å². The van der Waals surface area contributed by atoms with E-state index in [-0.39, 0.29) is 0 Å². The molecule has 0 fully saturated rings. The summed E-state index contributed by atoms with van der Waals surface area (Å²) in [6.45, 7) is 7.39. The Hall–Kier alpha value is -1.37. The second-order valence-corrected chi connectivity index (χ2v) is 6.45. The highest BCUT2D eigenvalue weighted by molar-refractivity contribution is 14.1. The Bertz CT molecular complexity index is 599. The maximum atomic E-state index is 4.43. The average Bonchev–Trinajstić information content (AvgIpc) is 2.45. The molecule has 0 aliphatic rings. The Kier molecular flexibility index (Phi) is 5.78. The van der Waals surface area contributed by atoms with E-state index in [0.29, 0.717) is 5.92 Å². The Labute approximate surface area is 139 Å². The molecule has 0 bridgehead atoms. The van der Waals surface area contributed by atoms with Gasteiger partial charge in [0.1, 0.15) is 18.0 Å². The summed E-state index contributed by atoms with van der Waals surface area (Å²) >= 11 is 2.31. The van der Waals surface area contributed by atoms with Gasteiger partial charge in [0, 0.05) is 21.4 Å². The van der Waals surface area contributed by atoms with Crippen LogP contribution in [-0.4, -0.2) is 16.5 Å². The largest absolute Gasteiger partial charge is 0.370 e. The number of nitrogens with one attached hydrogen (secondary N) is 2. The summed E-state index contributed by atoms with van der Waals surface area (Å²) in [7, 11) is 0. The lowest BCUT2D eigenvalue weighted by Gasteiger charge is -2.17. The molecule has 0 radical (unpaired) electrons. The van der Waals surface area contributed by atoms with Crippen LogP contribution < -0.4 is 10.6 Å². The molecule has 21 heavy (non-hydrogen) atoms. The number of nitrogens with zero attached hydrogens (tertiary/aromatic N) is 2. The number of benzene rings is 1. The normalized spacial score (nSPS) is 10.7. The Morgan fingerprint density at radius 1 is 1.19 bits per heavy atom. The lowest BCUT2D eigenvalue weighted by molar-refractivity contribution is 0.844. The molecule has 5 heteroatoms. The molecule has 2 rings (SSSR count). The van der Waals surface area contributed by atoms with Gasteiger partial charge in [-0.3, -0.25) is 0 Å². The first-order chi connectivity index (χ1) is 10.1. The molecule has 0 unspecified atom stereocenters. The molecule has 2 aromatic rings. The van der Waals surface area contributed by atoms with Crippen LogP contribution in [-0.2, 0) is 0 Å². The van der Waals surface area contributed by atoms with E-state index in [4.69, 9.17) is 0 Å². The second kappa shape index (κ2) is 7.59. The molecular formula is C16H21IN4. The summed E-state index contributed by atoms with van der Waals surface area (Å²) in [5, 5.41) is 6.80. The molecular weight excluding hydrogens is 375 g/mol. The van der Waals surface area contributed by atoms with Gasteiger partial charge in [0.15, 0.2) is 0 Å². The van der Waals surface area contributed by atoms with Crippen LogP contribution in [0.5, 0.6) is 0 Å². The first kappa shape index (κ1) is 16.0. The van der Waals surface area contributed by atoms with Crippen LogP contribution in [0.1, 0.15) is 38.7 Å². The van der Waals surface area contributed by atoms with Gasteiger partial charge in [-0.2, -0.15) is 0 Å². The Morgan fingerprint density at radius 3 is 2.62 bits per heavy atom. The van der Waals surface area contributed by atoms with Crippen molar-refractivity contribution in [1.29, 1.82) is 0 Å². The fourth-order valence-corrected chi connectivity index (χ4v) is 2.67. The summed E-state index contributed by atoms with van der Waals surface area (Å²) in [4.78, 5) is 8.82. The van der Waals surface area contributed by atoms with Gasteiger partial charge < -0.3 is 10.6 Å². The number of hydrogen-bond donors (Lipinski definition) is 2. The van der Waals surface area contributed by atoms with Crippen molar-refractivity contribution in [2.45, 2.75) is 33.1 Å². The van der Waals surface area contributed by atoms with E-state index in [9.17, 15) is 0 Å². The van der Waals surface area contributed by atoms with Gasteiger partial charge in [-0.05, 0) is 53.1 Å². The molecule has 2 N–H and O–H groups in total. The summed E-state index contributed by atoms with van der Waals surface area (Å²) in [6, 6.07) is 8.26. The minimum absolute atomic E-state index is 0.343. The third-order valence-electron chi connectivity index (χ3n) is 3.09. The fraction of sp³-hybridized carbons (Fsp3) is 0.375. The quantitative estimate of drug-likeness (QED) is 0.691. The predicted molar refractivity (Wildman–Crippen MR) is 97.3 cm³/mol. The van der Waals surface area contributed by atoms with Crippen molar-refractivity contribution < 1.29 is 0 Å². The Morgan fingerprint density at radius 2 is 1.95 bits per heavy atom. The Balaban J connectivity index is 2.33. The van der Waals surface area contributed by atoms with E-state index in [1.54, 1.807) is 6.33 Å². The minimum atomic E-state index is 0.343. The van der Waals surface area contributed by atoms with Crippen LogP contribution in [0.4, 0.5) is 17.3 Å². The van der Waals surface area contributed by atoms with E-state index < -0.39 is 0 Å². The lowest BCUT2D eigenvalue weighted by Crippen LogP contribution is -2.10. The van der Waals surface area contributed by atoms with Crippen molar-refractivity contribution in [3.63, 3.8) is 0 Å². The van der Waals surface area contributed by atoms with Gasteiger partial charge in [0.05, 0.1) is 0 Å². The number of anilines is 3. The van der Waals surface area contributed by atoms with Crippen molar-refractivity contribution >= 4 is 39.9 Å². The van der Waals surface area contributed by atoms with Crippen molar-refractivity contribution in [3.05, 3.63) is 39.7 Å². The molecule has 0 aliphatic carbocycles. The molecule has 0 spiro atoms. The molecule has 1 heterocycles. The van der Waals surface area contributed by atoms with Gasteiger partial charge in [0.25, 0.3) is 0 Å². The van der Waals surface area contributed by atoms with E-state index >= 15 is 0 Å². The van der Waals surface area contributed by atoms with E-state index in [1.807, 2.05) is 12.1 Å². The molecule has 0 atom stereocenters. The van der Waals surface area contributed by atoms with Crippen LogP contribution in [0.15, 0.2) is 30.6 Å². The van der Waals surface area contributed by atoms with Crippen LogP contribution in [0.2, 0.25) is 0 Å². The van der Waals surface area contributed by atoms with Crippen LogP contribution in [0.25, 0.3) is 0 Å². The smallest absolute Gasteiger partial charge is 0.139 e. The monoisotopic (exact) mass is 396 g/mol. The standard InChI is InChI=1S/C16H21IN4/c1-4-8-18-15-14(11(2)3)16(20-10-19-15)21-13-7-5-6-12(17)9-13/h5-7,9-11H,4,8H2,1-3H3,(H2,18,19,20,21). The number of hydrogen-bond acceptors (Lipinski definition) is 4. The average molecular weight is 396 g/mol. The van der Waals surface area contributed by atoms with E-state index in [2.05, 4.69) is 76.1 Å². The molecule has 0 aliphatic heterocycles. The number of aromatic nitrogens is 2. The van der Waals surface area contributed by atoms with Crippen LogP contribution >= 0.6 is 22.6 Å². The number of halogens is 1. The SMILES string of the molecule is CCCNc1ncnc(Nc2cccc(I)c2)c1C(C)C. The first-order valence-electron chi connectivity index (χ1n) is 7.23. The van der Waals surface area contributed by atoms with Crippen LogP contribution in [0.3, 0.4) is 0 Å². The minimum Gasteiger partial charge on any atom is -0.370 e. The van der Waals surface area contributed by atoms with Crippen molar-refractivity contribution in [3.8, 4) is 0 Å². The first-order valence-corrected chi connectivity index (χ1v) is 8.31. The third-order valence-corrected chi connectivity index (χ3v) is 3.76. The molecule has 4 nitrogen and oxygen atoms in total. The molecule has 0 saturated heterocycles. The summed E-state index contributed by atoms with van der Waals surface area (Å²) in [6.07, 6.45) is 2.68. The highest BCUT2D eigenvalue weighted by atomic mass is 127. The van der Waals surface area contributed by atoms with Gasteiger partial charge in [-0.1, -0.05) is 26.8 Å². The second-order valence-electron chi connectivity index (χ2n) is 5.20. The lowest BCUT2D eigenvalue weighted by atomic mass is 10.0. The van der Waals surface area contributed by atoms with Gasteiger partial charge in [0.2, 0.25) is 0 Å². The zero-order valence-corrected chi connectivity index (χ0v) is 14.8. The van der Waals surface area contributed by atoms with Crippen molar-refractivity contribution in [1.82, 2.24) is 9.97 Å². The topological polar surface area (TPSA) is 49.8 Å². The summed E-state index contributed by atoms with van der Waals surface area (Å²) in [5.74, 6) is 2.14. The van der Waals surface area contributed by atoms with Crippen LogP contribution in [0, 0.1) is 3.57 Å².